The third kappa shape index (κ3) is 4.66. The fourth-order valence-electron chi connectivity index (χ4n) is 1.62. The van der Waals surface area contributed by atoms with E-state index in [4.69, 9.17) is 0 Å². The fourth-order valence-corrected chi connectivity index (χ4v) is 1.62. The Kier molecular flexibility index (Phi) is 6.40. The first kappa shape index (κ1) is 13.0. The number of hydrogen-bond acceptors (Lipinski definition) is 1. The molecule has 0 saturated heterocycles. The van der Waals surface area contributed by atoms with Gasteiger partial charge in [0.1, 0.15) is 0 Å². The Morgan fingerprint density at radius 1 is 1.08 bits per heavy atom. The molecule has 0 aliphatic heterocycles. The van der Waals surface area contributed by atoms with E-state index < -0.39 is 0 Å². The molecule has 0 radical (unpaired) electrons. The van der Waals surface area contributed by atoms with Crippen LogP contribution in [-0.4, -0.2) is 12.6 Å². The van der Waals surface area contributed by atoms with Crippen LogP contribution in [0, 0.1) is 5.41 Å². The standard InChI is InChI=1S/C12H27N/c1-6-9-11(13-10-7-2)12(4,5)8-3/h11,13H,6-10H2,1-5H3. The van der Waals surface area contributed by atoms with Gasteiger partial charge in [0.2, 0.25) is 0 Å². The molecular weight excluding hydrogens is 158 g/mol. The zero-order valence-corrected chi connectivity index (χ0v) is 10.1. The van der Waals surface area contributed by atoms with E-state index in [9.17, 15) is 0 Å². The Balaban J connectivity index is 4.05. The van der Waals surface area contributed by atoms with Crippen molar-refractivity contribution in [3.63, 3.8) is 0 Å². The molecule has 0 saturated carbocycles. The van der Waals surface area contributed by atoms with Crippen LogP contribution >= 0.6 is 0 Å². The Labute approximate surface area is 84.3 Å². The lowest BCUT2D eigenvalue weighted by atomic mass is 9.79. The highest BCUT2D eigenvalue weighted by atomic mass is 14.9. The van der Waals surface area contributed by atoms with Gasteiger partial charge in [-0.3, -0.25) is 0 Å². The summed E-state index contributed by atoms with van der Waals surface area (Å²) in [5.41, 5.74) is 0.450. The summed E-state index contributed by atoms with van der Waals surface area (Å²) in [6.07, 6.45) is 5.08. The average Bonchev–Trinajstić information content (AvgIpc) is 2.12. The minimum absolute atomic E-state index is 0.450. The molecule has 0 aliphatic carbocycles. The molecule has 1 nitrogen and oxygen atoms in total. The molecule has 0 bridgehead atoms. The highest BCUT2D eigenvalue weighted by molar-refractivity contribution is 4.82. The second-order valence-corrected chi connectivity index (χ2v) is 4.64. The highest BCUT2D eigenvalue weighted by Gasteiger charge is 2.25. The second kappa shape index (κ2) is 6.42. The van der Waals surface area contributed by atoms with Crippen LogP contribution in [-0.2, 0) is 0 Å². The van der Waals surface area contributed by atoms with Gasteiger partial charge in [-0.25, -0.2) is 0 Å². The lowest BCUT2D eigenvalue weighted by Crippen LogP contribution is -2.41. The molecule has 0 rings (SSSR count). The first-order chi connectivity index (χ1) is 6.08. The van der Waals surface area contributed by atoms with Gasteiger partial charge >= 0.3 is 0 Å². The lowest BCUT2D eigenvalue weighted by molar-refractivity contribution is 0.219. The van der Waals surface area contributed by atoms with Crippen molar-refractivity contribution in [2.45, 2.75) is 66.3 Å². The van der Waals surface area contributed by atoms with E-state index in [1.54, 1.807) is 0 Å². The number of hydrogen-bond donors (Lipinski definition) is 1. The monoisotopic (exact) mass is 185 g/mol. The van der Waals surface area contributed by atoms with Crippen molar-refractivity contribution >= 4 is 0 Å². The van der Waals surface area contributed by atoms with Gasteiger partial charge in [0, 0.05) is 6.04 Å². The summed E-state index contributed by atoms with van der Waals surface area (Å²) in [6, 6.07) is 0.697. The Morgan fingerprint density at radius 2 is 1.69 bits per heavy atom. The van der Waals surface area contributed by atoms with Crippen LogP contribution in [0.15, 0.2) is 0 Å². The largest absolute Gasteiger partial charge is 0.313 e. The van der Waals surface area contributed by atoms with Gasteiger partial charge in [-0.1, -0.05) is 41.0 Å². The predicted molar refractivity (Wildman–Crippen MR) is 61.1 cm³/mol. The van der Waals surface area contributed by atoms with Crippen LogP contribution in [0.25, 0.3) is 0 Å². The van der Waals surface area contributed by atoms with E-state index in [0.29, 0.717) is 11.5 Å². The Hall–Kier alpha value is -0.0400. The molecule has 80 valence electrons. The second-order valence-electron chi connectivity index (χ2n) is 4.64. The van der Waals surface area contributed by atoms with Crippen LogP contribution in [0.4, 0.5) is 0 Å². The van der Waals surface area contributed by atoms with Gasteiger partial charge in [0.05, 0.1) is 0 Å². The molecule has 1 heteroatoms. The van der Waals surface area contributed by atoms with Gasteiger partial charge < -0.3 is 5.32 Å². The first-order valence-electron chi connectivity index (χ1n) is 5.81. The summed E-state index contributed by atoms with van der Waals surface area (Å²) < 4.78 is 0. The van der Waals surface area contributed by atoms with Gasteiger partial charge in [-0.15, -0.1) is 0 Å². The van der Waals surface area contributed by atoms with Gasteiger partial charge in [-0.05, 0) is 31.2 Å². The van der Waals surface area contributed by atoms with Crippen LogP contribution < -0.4 is 5.32 Å². The minimum Gasteiger partial charge on any atom is -0.313 e. The summed E-state index contributed by atoms with van der Waals surface area (Å²) in [7, 11) is 0. The Bertz CT molecular complexity index is 118. The first-order valence-corrected chi connectivity index (χ1v) is 5.81. The molecule has 0 spiro atoms. The normalized spacial score (nSPS) is 14.5. The minimum atomic E-state index is 0.450. The summed E-state index contributed by atoms with van der Waals surface area (Å²) in [5.74, 6) is 0. The summed E-state index contributed by atoms with van der Waals surface area (Å²) in [5, 5.41) is 3.66. The lowest BCUT2D eigenvalue weighted by Gasteiger charge is -2.34. The molecule has 0 aromatic heterocycles. The summed E-state index contributed by atoms with van der Waals surface area (Å²) in [4.78, 5) is 0. The molecule has 0 aromatic carbocycles. The molecule has 1 unspecified atom stereocenters. The summed E-state index contributed by atoms with van der Waals surface area (Å²) >= 11 is 0. The molecule has 1 N–H and O–H groups in total. The van der Waals surface area contributed by atoms with Crippen molar-refractivity contribution < 1.29 is 0 Å². The molecule has 0 fully saturated rings. The number of rotatable bonds is 7. The van der Waals surface area contributed by atoms with Gasteiger partial charge in [-0.2, -0.15) is 0 Å². The zero-order chi connectivity index (χ0) is 10.3. The van der Waals surface area contributed by atoms with E-state index in [1.165, 1.54) is 25.7 Å². The van der Waals surface area contributed by atoms with Crippen LogP contribution in [0.1, 0.15) is 60.3 Å². The average molecular weight is 185 g/mol. The molecule has 1 atom stereocenters. The SMILES string of the molecule is CCCNC(CCC)C(C)(C)CC. The van der Waals surface area contributed by atoms with Gasteiger partial charge in [0.25, 0.3) is 0 Å². The molecular formula is C12H27N. The fraction of sp³-hybridized carbons (Fsp3) is 1.00. The molecule has 0 aromatic rings. The maximum Gasteiger partial charge on any atom is 0.0118 e. The van der Waals surface area contributed by atoms with E-state index in [1.807, 2.05) is 0 Å². The van der Waals surface area contributed by atoms with E-state index in [-0.39, 0.29) is 0 Å². The van der Waals surface area contributed by atoms with E-state index >= 15 is 0 Å². The molecule has 13 heavy (non-hydrogen) atoms. The van der Waals surface area contributed by atoms with Crippen molar-refractivity contribution in [3.05, 3.63) is 0 Å². The maximum atomic E-state index is 3.66. The van der Waals surface area contributed by atoms with Crippen molar-refractivity contribution in [3.8, 4) is 0 Å². The highest BCUT2D eigenvalue weighted by Crippen LogP contribution is 2.27. The van der Waals surface area contributed by atoms with Crippen molar-refractivity contribution in [2.75, 3.05) is 6.54 Å². The third-order valence-electron chi connectivity index (χ3n) is 3.07. The zero-order valence-electron chi connectivity index (χ0n) is 10.1. The van der Waals surface area contributed by atoms with Gasteiger partial charge in [0.15, 0.2) is 0 Å². The van der Waals surface area contributed by atoms with Crippen molar-refractivity contribution in [2.24, 2.45) is 5.41 Å². The molecule has 0 heterocycles. The van der Waals surface area contributed by atoms with Crippen molar-refractivity contribution in [1.29, 1.82) is 0 Å². The number of nitrogens with one attached hydrogen (secondary N) is 1. The third-order valence-corrected chi connectivity index (χ3v) is 3.07. The quantitative estimate of drug-likeness (QED) is 0.639. The smallest absolute Gasteiger partial charge is 0.0118 e. The van der Waals surface area contributed by atoms with E-state index in [0.717, 1.165) is 6.54 Å². The topological polar surface area (TPSA) is 12.0 Å². The predicted octanol–water partition coefficient (Wildman–Crippen LogP) is 3.59. The van der Waals surface area contributed by atoms with Crippen LogP contribution in [0.5, 0.6) is 0 Å². The van der Waals surface area contributed by atoms with Crippen molar-refractivity contribution in [1.82, 2.24) is 5.32 Å². The van der Waals surface area contributed by atoms with E-state index in [2.05, 4.69) is 39.9 Å². The summed E-state index contributed by atoms with van der Waals surface area (Å²) in [6.45, 7) is 12.7. The van der Waals surface area contributed by atoms with Crippen LogP contribution in [0.2, 0.25) is 0 Å². The molecule has 0 aliphatic rings. The molecule has 0 amide bonds. The van der Waals surface area contributed by atoms with Crippen LogP contribution in [0.3, 0.4) is 0 Å². The Morgan fingerprint density at radius 3 is 2.08 bits per heavy atom. The maximum absolute atomic E-state index is 3.66.